The molecule has 2 aliphatic rings. The number of piperazine rings is 1. The lowest BCUT2D eigenvalue weighted by atomic mass is 9.82. The molecule has 0 unspecified atom stereocenters. The van der Waals surface area contributed by atoms with E-state index in [0.29, 0.717) is 19.8 Å². The van der Waals surface area contributed by atoms with Crippen molar-refractivity contribution in [2.24, 2.45) is 0 Å². The van der Waals surface area contributed by atoms with Crippen molar-refractivity contribution in [2.75, 3.05) is 52.5 Å². The number of aromatic hydroxyl groups is 2. The Hall–Kier alpha value is -2.78. The van der Waals surface area contributed by atoms with E-state index >= 15 is 0 Å². The SMILES string of the molecule is O=C1c2cccc(O)c2C(=O)c2c(O)cc(CN3CCN(CCOCCO)CC3)cc21. The first-order chi connectivity index (χ1) is 15.0. The first kappa shape index (κ1) is 21.5. The van der Waals surface area contributed by atoms with Crippen molar-refractivity contribution in [1.82, 2.24) is 9.80 Å². The highest BCUT2D eigenvalue weighted by Crippen LogP contribution is 2.37. The third-order valence-corrected chi connectivity index (χ3v) is 5.82. The molecular formula is C23H26N2O6. The largest absolute Gasteiger partial charge is 0.507 e. The predicted octanol–water partition coefficient (Wildman–Crippen LogP) is 1.000. The van der Waals surface area contributed by atoms with Crippen molar-refractivity contribution in [3.8, 4) is 11.5 Å². The molecule has 164 valence electrons. The molecule has 1 fully saturated rings. The number of carbonyl (C=O) groups excluding carboxylic acids is 2. The van der Waals surface area contributed by atoms with Crippen LogP contribution in [0.2, 0.25) is 0 Å². The number of ether oxygens (including phenoxy) is 1. The van der Waals surface area contributed by atoms with Gasteiger partial charge >= 0.3 is 0 Å². The second kappa shape index (κ2) is 9.15. The van der Waals surface area contributed by atoms with Gasteiger partial charge in [-0.3, -0.25) is 19.4 Å². The summed E-state index contributed by atoms with van der Waals surface area (Å²) in [4.78, 5) is 30.4. The van der Waals surface area contributed by atoms with Gasteiger partial charge < -0.3 is 20.1 Å². The van der Waals surface area contributed by atoms with E-state index in [1.807, 2.05) is 0 Å². The van der Waals surface area contributed by atoms with E-state index in [9.17, 15) is 19.8 Å². The van der Waals surface area contributed by atoms with Gasteiger partial charge in [0.25, 0.3) is 0 Å². The first-order valence-electron chi connectivity index (χ1n) is 10.4. The molecule has 3 N–H and O–H groups in total. The molecule has 0 saturated carbocycles. The Morgan fingerprint density at radius 2 is 1.55 bits per heavy atom. The molecule has 8 heteroatoms. The molecule has 8 nitrogen and oxygen atoms in total. The summed E-state index contributed by atoms with van der Waals surface area (Å²) in [5, 5.41) is 29.3. The Morgan fingerprint density at radius 1 is 0.839 bits per heavy atom. The zero-order chi connectivity index (χ0) is 22.0. The van der Waals surface area contributed by atoms with Gasteiger partial charge in [-0.05, 0) is 23.8 Å². The average molecular weight is 426 g/mol. The summed E-state index contributed by atoms with van der Waals surface area (Å²) in [6.07, 6.45) is 0. The molecule has 0 radical (unpaired) electrons. The predicted molar refractivity (Wildman–Crippen MR) is 113 cm³/mol. The molecule has 31 heavy (non-hydrogen) atoms. The third-order valence-electron chi connectivity index (χ3n) is 5.82. The molecule has 0 amide bonds. The van der Waals surface area contributed by atoms with Gasteiger partial charge in [-0.15, -0.1) is 0 Å². The zero-order valence-electron chi connectivity index (χ0n) is 17.2. The van der Waals surface area contributed by atoms with Crippen molar-refractivity contribution in [3.63, 3.8) is 0 Å². The quantitative estimate of drug-likeness (QED) is 0.480. The monoisotopic (exact) mass is 426 g/mol. The zero-order valence-corrected chi connectivity index (χ0v) is 17.2. The van der Waals surface area contributed by atoms with E-state index in [2.05, 4.69) is 9.80 Å². The number of hydrogen-bond acceptors (Lipinski definition) is 8. The fourth-order valence-electron chi connectivity index (χ4n) is 4.22. The maximum atomic E-state index is 13.0. The fraction of sp³-hybridized carbons (Fsp3) is 0.391. The van der Waals surface area contributed by atoms with Gasteiger partial charge in [-0.2, -0.15) is 0 Å². The number of fused-ring (bicyclic) bond motifs is 2. The molecule has 1 aliphatic carbocycles. The Morgan fingerprint density at radius 3 is 2.29 bits per heavy atom. The van der Waals surface area contributed by atoms with Gasteiger partial charge in [0.05, 0.1) is 30.9 Å². The minimum atomic E-state index is -0.538. The van der Waals surface area contributed by atoms with Crippen LogP contribution in [0, 0.1) is 0 Å². The maximum Gasteiger partial charge on any atom is 0.201 e. The standard InChI is InChI=1S/C23H26N2O6/c26-9-11-31-10-8-24-4-6-25(7-5-24)14-15-12-17-21(19(28)13-15)23(30)20-16(22(17)29)2-1-3-18(20)27/h1-3,12-13,26-28H,4-11,14H2. The summed E-state index contributed by atoms with van der Waals surface area (Å²) in [6.45, 7) is 5.78. The number of ketones is 2. The van der Waals surface area contributed by atoms with E-state index in [1.165, 1.54) is 24.3 Å². The van der Waals surface area contributed by atoms with E-state index < -0.39 is 5.78 Å². The summed E-state index contributed by atoms with van der Waals surface area (Å²) < 4.78 is 5.32. The van der Waals surface area contributed by atoms with Crippen LogP contribution in [0.4, 0.5) is 0 Å². The number of nitrogens with zero attached hydrogens (tertiary/aromatic N) is 2. The lowest BCUT2D eigenvalue weighted by Gasteiger charge is -2.34. The summed E-state index contributed by atoms with van der Waals surface area (Å²) in [5.41, 5.74) is 1.00. The van der Waals surface area contributed by atoms with Gasteiger partial charge in [-0.25, -0.2) is 0 Å². The van der Waals surface area contributed by atoms with Gasteiger partial charge in [-0.1, -0.05) is 12.1 Å². The highest BCUT2D eigenvalue weighted by atomic mass is 16.5. The summed E-state index contributed by atoms with van der Waals surface area (Å²) in [7, 11) is 0. The normalized spacial score (nSPS) is 16.9. The number of aliphatic hydroxyl groups excluding tert-OH is 1. The van der Waals surface area contributed by atoms with Gasteiger partial charge in [0.2, 0.25) is 5.78 Å². The van der Waals surface area contributed by atoms with Crippen molar-refractivity contribution < 1.29 is 29.6 Å². The maximum absolute atomic E-state index is 13.0. The van der Waals surface area contributed by atoms with Crippen LogP contribution in [0.5, 0.6) is 11.5 Å². The molecule has 0 spiro atoms. The molecular weight excluding hydrogens is 400 g/mol. The number of rotatable bonds is 7. The Balaban J connectivity index is 1.46. The molecule has 1 saturated heterocycles. The molecule has 0 aromatic heterocycles. The molecule has 0 atom stereocenters. The van der Waals surface area contributed by atoms with Crippen LogP contribution < -0.4 is 0 Å². The molecule has 2 aromatic rings. The topological polar surface area (TPSA) is 111 Å². The summed E-state index contributed by atoms with van der Waals surface area (Å²) in [6, 6.07) is 7.62. The van der Waals surface area contributed by atoms with Crippen LogP contribution in [0.3, 0.4) is 0 Å². The number of carbonyl (C=O) groups is 2. The van der Waals surface area contributed by atoms with Crippen LogP contribution in [0.1, 0.15) is 37.4 Å². The first-order valence-corrected chi connectivity index (χ1v) is 10.4. The van der Waals surface area contributed by atoms with Crippen molar-refractivity contribution in [2.45, 2.75) is 6.54 Å². The molecule has 2 aromatic carbocycles. The minimum absolute atomic E-state index is 0.0300. The Bertz CT molecular complexity index is 998. The average Bonchev–Trinajstić information content (AvgIpc) is 2.75. The van der Waals surface area contributed by atoms with Gasteiger partial charge in [0.1, 0.15) is 11.5 Å². The van der Waals surface area contributed by atoms with Gasteiger partial charge in [0, 0.05) is 50.4 Å². The number of aliphatic hydroxyl groups is 1. The molecule has 1 aliphatic heterocycles. The van der Waals surface area contributed by atoms with Crippen LogP contribution in [0.25, 0.3) is 0 Å². The second-order valence-corrected chi connectivity index (χ2v) is 7.85. The van der Waals surface area contributed by atoms with E-state index in [-0.39, 0.29) is 46.1 Å². The summed E-state index contributed by atoms with van der Waals surface area (Å²) >= 11 is 0. The van der Waals surface area contributed by atoms with E-state index in [1.54, 1.807) is 6.07 Å². The smallest absolute Gasteiger partial charge is 0.201 e. The van der Waals surface area contributed by atoms with Crippen LogP contribution in [-0.4, -0.2) is 89.2 Å². The van der Waals surface area contributed by atoms with Crippen LogP contribution in [-0.2, 0) is 11.3 Å². The van der Waals surface area contributed by atoms with Crippen molar-refractivity contribution in [3.05, 3.63) is 58.1 Å². The highest BCUT2D eigenvalue weighted by Gasteiger charge is 2.34. The second-order valence-electron chi connectivity index (χ2n) is 7.85. The molecule has 4 rings (SSSR count). The molecule has 1 heterocycles. The highest BCUT2D eigenvalue weighted by molar-refractivity contribution is 6.30. The number of benzene rings is 2. The molecule has 0 bridgehead atoms. The Labute approximate surface area is 180 Å². The lowest BCUT2D eigenvalue weighted by molar-refractivity contribution is 0.0563. The minimum Gasteiger partial charge on any atom is -0.507 e. The number of phenolic OH excluding ortho intramolecular Hbond substituents is 2. The lowest BCUT2D eigenvalue weighted by Crippen LogP contribution is -2.46. The fourth-order valence-corrected chi connectivity index (χ4v) is 4.22. The summed E-state index contributed by atoms with van der Waals surface area (Å²) in [5.74, 6) is -1.40. The van der Waals surface area contributed by atoms with Crippen LogP contribution in [0.15, 0.2) is 30.3 Å². The van der Waals surface area contributed by atoms with Crippen molar-refractivity contribution >= 4 is 11.6 Å². The number of hydrogen-bond donors (Lipinski definition) is 3. The van der Waals surface area contributed by atoms with Crippen molar-refractivity contribution in [1.29, 1.82) is 0 Å². The Kier molecular flexibility index (Phi) is 6.33. The van der Waals surface area contributed by atoms with Crippen LogP contribution >= 0.6 is 0 Å². The van der Waals surface area contributed by atoms with E-state index in [0.717, 1.165) is 38.3 Å². The van der Waals surface area contributed by atoms with Gasteiger partial charge in [0.15, 0.2) is 5.78 Å². The van der Waals surface area contributed by atoms with E-state index in [4.69, 9.17) is 9.84 Å². The third kappa shape index (κ3) is 4.33. The number of phenols is 2.